The van der Waals surface area contributed by atoms with Gasteiger partial charge in [0.15, 0.2) is 0 Å². The molecule has 2 rings (SSSR count). The van der Waals surface area contributed by atoms with Gasteiger partial charge in [-0.25, -0.2) is 0 Å². The third-order valence-electron chi connectivity index (χ3n) is 4.83. The molecule has 0 aliphatic carbocycles. The Bertz CT molecular complexity index is 568. The number of para-hydroxylation sites is 1. The van der Waals surface area contributed by atoms with Crippen molar-refractivity contribution in [3.63, 3.8) is 0 Å². The predicted molar refractivity (Wildman–Crippen MR) is 105 cm³/mol. The van der Waals surface area contributed by atoms with Crippen LogP contribution < -0.4 is 4.90 Å². The smallest absolute Gasteiger partial charge is 0.224 e. The van der Waals surface area contributed by atoms with Crippen LogP contribution in [0.2, 0.25) is 0 Å². The summed E-state index contributed by atoms with van der Waals surface area (Å²) in [5.74, 6) is 0.196. The first-order valence-corrected chi connectivity index (χ1v) is 9.45. The topological polar surface area (TPSA) is 47.1 Å². The highest BCUT2D eigenvalue weighted by molar-refractivity contribution is 5.78. The number of carbonyl (C=O) groups is 2. The normalized spacial score (nSPS) is 14.6. The number of hydrogen-bond acceptors (Lipinski definition) is 4. The molecule has 0 bridgehead atoms. The first-order valence-electron chi connectivity index (χ1n) is 9.45. The van der Waals surface area contributed by atoms with Crippen LogP contribution in [0.4, 0.5) is 5.69 Å². The maximum absolute atomic E-state index is 12.5. The lowest BCUT2D eigenvalue weighted by Gasteiger charge is -2.36. The Balaban J connectivity index is 1.74. The first-order chi connectivity index (χ1) is 12.5. The van der Waals surface area contributed by atoms with Crippen LogP contribution in [0.3, 0.4) is 0 Å². The van der Waals surface area contributed by atoms with E-state index in [1.54, 1.807) is 11.8 Å². The van der Waals surface area contributed by atoms with Crippen LogP contribution in [-0.4, -0.2) is 86.4 Å². The minimum absolute atomic E-state index is 0.0467. The summed E-state index contributed by atoms with van der Waals surface area (Å²) in [4.78, 5) is 32.4. The van der Waals surface area contributed by atoms with Gasteiger partial charge in [0, 0.05) is 58.3 Å². The van der Waals surface area contributed by atoms with Crippen LogP contribution in [0, 0.1) is 0 Å². The molecular formula is C20H32N4O2. The van der Waals surface area contributed by atoms with Gasteiger partial charge in [-0.3, -0.25) is 9.59 Å². The Morgan fingerprint density at radius 1 is 0.962 bits per heavy atom. The molecule has 0 radical (unpaired) electrons. The summed E-state index contributed by atoms with van der Waals surface area (Å²) in [5, 5.41) is 0. The van der Waals surface area contributed by atoms with E-state index in [1.165, 1.54) is 5.69 Å². The van der Waals surface area contributed by atoms with Crippen molar-refractivity contribution in [2.75, 3.05) is 64.8 Å². The molecule has 144 valence electrons. The molecule has 2 amide bonds. The highest BCUT2D eigenvalue weighted by Crippen LogP contribution is 2.16. The third kappa shape index (κ3) is 6.33. The van der Waals surface area contributed by atoms with Crippen molar-refractivity contribution in [1.29, 1.82) is 0 Å². The Morgan fingerprint density at radius 2 is 1.62 bits per heavy atom. The Kier molecular flexibility index (Phi) is 7.91. The summed E-state index contributed by atoms with van der Waals surface area (Å²) >= 11 is 0. The minimum atomic E-state index is 0.0467. The van der Waals surface area contributed by atoms with E-state index in [-0.39, 0.29) is 11.8 Å². The molecule has 26 heavy (non-hydrogen) atoms. The molecule has 1 saturated heterocycles. The molecule has 1 aliphatic rings. The van der Waals surface area contributed by atoms with E-state index in [1.807, 2.05) is 37.2 Å². The van der Waals surface area contributed by atoms with Gasteiger partial charge in [0.05, 0.1) is 0 Å². The summed E-state index contributed by atoms with van der Waals surface area (Å²) in [6.45, 7) is 6.95. The van der Waals surface area contributed by atoms with Gasteiger partial charge in [0.2, 0.25) is 11.8 Å². The number of nitrogens with zero attached hydrogens (tertiary/aromatic N) is 4. The molecule has 1 heterocycles. The van der Waals surface area contributed by atoms with Gasteiger partial charge in [-0.05, 0) is 39.2 Å². The third-order valence-corrected chi connectivity index (χ3v) is 4.83. The molecule has 1 fully saturated rings. The van der Waals surface area contributed by atoms with Crippen molar-refractivity contribution < 1.29 is 9.59 Å². The predicted octanol–water partition coefficient (Wildman–Crippen LogP) is 1.53. The molecule has 0 unspecified atom stereocenters. The van der Waals surface area contributed by atoms with Gasteiger partial charge < -0.3 is 19.6 Å². The molecule has 6 nitrogen and oxygen atoms in total. The molecular weight excluding hydrogens is 328 g/mol. The van der Waals surface area contributed by atoms with Crippen molar-refractivity contribution in [2.45, 2.75) is 19.8 Å². The number of rotatable bonds is 8. The second-order valence-corrected chi connectivity index (χ2v) is 7.12. The van der Waals surface area contributed by atoms with E-state index in [0.29, 0.717) is 19.5 Å². The van der Waals surface area contributed by atoms with E-state index in [9.17, 15) is 9.59 Å². The Morgan fingerprint density at radius 3 is 2.19 bits per heavy atom. The van der Waals surface area contributed by atoms with Gasteiger partial charge >= 0.3 is 0 Å². The van der Waals surface area contributed by atoms with E-state index in [0.717, 1.165) is 39.1 Å². The van der Waals surface area contributed by atoms with Crippen LogP contribution in [0.1, 0.15) is 19.8 Å². The molecule has 1 aromatic carbocycles. The van der Waals surface area contributed by atoms with Crippen molar-refractivity contribution >= 4 is 17.5 Å². The van der Waals surface area contributed by atoms with Gasteiger partial charge in [-0.2, -0.15) is 0 Å². The van der Waals surface area contributed by atoms with Gasteiger partial charge in [-0.15, -0.1) is 0 Å². The SMILES string of the molecule is CC(=O)N(CCCN(C)C)CCC(=O)N1CCN(c2ccccc2)CC1. The Labute approximate surface area is 157 Å². The fraction of sp³-hybridized carbons (Fsp3) is 0.600. The molecule has 0 N–H and O–H groups in total. The van der Waals surface area contributed by atoms with E-state index in [4.69, 9.17) is 0 Å². The fourth-order valence-corrected chi connectivity index (χ4v) is 3.25. The molecule has 0 saturated carbocycles. The number of anilines is 1. The lowest BCUT2D eigenvalue weighted by Crippen LogP contribution is -2.49. The second kappa shape index (κ2) is 10.2. The molecule has 0 aromatic heterocycles. The van der Waals surface area contributed by atoms with Crippen molar-refractivity contribution in [3.05, 3.63) is 30.3 Å². The number of carbonyl (C=O) groups excluding carboxylic acids is 2. The van der Waals surface area contributed by atoms with Crippen LogP contribution >= 0.6 is 0 Å². The number of hydrogen-bond donors (Lipinski definition) is 0. The molecule has 6 heteroatoms. The van der Waals surface area contributed by atoms with Crippen molar-refractivity contribution in [1.82, 2.24) is 14.7 Å². The maximum atomic E-state index is 12.5. The Hall–Kier alpha value is -2.08. The molecule has 0 atom stereocenters. The summed E-state index contributed by atoms with van der Waals surface area (Å²) < 4.78 is 0. The zero-order valence-electron chi connectivity index (χ0n) is 16.4. The van der Waals surface area contributed by atoms with E-state index in [2.05, 4.69) is 21.9 Å². The zero-order valence-corrected chi connectivity index (χ0v) is 16.4. The molecule has 1 aromatic rings. The fourth-order valence-electron chi connectivity index (χ4n) is 3.25. The number of amides is 2. The average Bonchev–Trinajstić information content (AvgIpc) is 2.64. The standard InChI is InChI=1S/C20H32N4O2/c1-18(25)22(12-7-11-21(2)3)13-10-20(26)24-16-14-23(15-17-24)19-8-5-4-6-9-19/h4-6,8-9H,7,10-17H2,1-3H3. The first kappa shape index (κ1) is 20.2. The largest absolute Gasteiger partial charge is 0.368 e. The highest BCUT2D eigenvalue weighted by Gasteiger charge is 2.22. The summed E-state index contributed by atoms with van der Waals surface area (Å²) in [5.41, 5.74) is 1.21. The van der Waals surface area contributed by atoms with Crippen LogP contribution in [0.15, 0.2) is 30.3 Å². The minimum Gasteiger partial charge on any atom is -0.368 e. The highest BCUT2D eigenvalue weighted by atomic mass is 16.2. The summed E-state index contributed by atoms with van der Waals surface area (Å²) in [7, 11) is 4.05. The molecule has 0 spiro atoms. The lowest BCUT2D eigenvalue weighted by atomic mass is 10.2. The van der Waals surface area contributed by atoms with E-state index < -0.39 is 0 Å². The van der Waals surface area contributed by atoms with Gasteiger partial charge in [-0.1, -0.05) is 18.2 Å². The number of benzene rings is 1. The van der Waals surface area contributed by atoms with Crippen LogP contribution in [0.25, 0.3) is 0 Å². The lowest BCUT2D eigenvalue weighted by molar-refractivity contribution is -0.133. The monoisotopic (exact) mass is 360 g/mol. The van der Waals surface area contributed by atoms with Crippen LogP contribution in [-0.2, 0) is 9.59 Å². The second-order valence-electron chi connectivity index (χ2n) is 7.12. The number of piperazine rings is 1. The maximum Gasteiger partial charge on any atom is 0.224 e. The van der Waals surface area contributed by atoms with Gasteiger partial charge in [0.25, 0.3) is 0 Å². The summed E-state index contributed by atoms with van der Waals surface area (Å²) in [6.07, 6.45) is 1.34. The van der Waals surface area contributed by atoms with Gasteiger partial charge in [0.1, 0.15) is 0 Å². The van der Waals surface area contributed by atoms with Crippen molar-refractivity contribution in [2.24, 2.45) is 0 Å². The van der Waals surface area contributed by atoms with E-state index >= 15 is 0 Å². The average molecular weight is 361 g/mol. The quantitative estimate of drug-likeness (QED) is 0.705. The summed E-state index contributed by atoms with van der Waals surface area (Å²) in [6, 6.07) is 10.3. The zero-order chi connectivity index (χ0) is 18.9. The van der Waals surface area contributed by atoms with Crippen molar-refractivity contribution in [3.8, 4) is 0 Å². The van der Waals surface area contributed by atoms with Crippen LogP contribution in [0.5, 0.6) is 0 Å². The molecule has 1 aliphatic heterocycles.